The van der Waals surface area contributed by atoms with E-state index < -0.39 is 6.43 Å². The van der Waals surface area contributed by atoms with Crippen LogP contribution in [0.3, 0.4) is 0 Å². The third kappa shape index (κ3) is 5.54. The molecule has 2 rings (SSSR count). The molecule has 5 nitrogen and oxygen atoms in total. The molecule has 1 aliphatic heterocycles. The Balaban J connectivity index is 1.90. The molecule has 1 aromatic heterocycles. The first-order chi connectivity index (χ1) is 11.3. The van der Waals surface area contributed by atoms with E-state index in [4.69, 9.17) is 0 Å². The SMILES string of the molecule is Cc1cc(C(F)F)nn1CC(=O)NC(C)(C)CN1CCCCCC1. The minimum atomic E-state index is -2.62. The van der Waals surface area contributed by atoms with Gasteiger partial charge in [0.25, 0.3) is 6.43 Å². The molecule has 1 amide bonds. The number of carbonyl (C=O) groups excluding carboxylic acids is 1. The van der Waals surface area contributed by atoms with Crippen LogP contribution in [0.2, 0.25) is 0 Å². The Bertz CT molecular complexity index is 549. The molecular formula is C17H28F2N4O. The Morgan fingerprint density at radius 1 is 1.29 bits per heavy atom. The van der Waals surface area contributed by atoms with Gasteiger partial charge >= 0.3 is 0 Å². The molecule has 1 fully saturated rings. The summed E-state index contributed by atoms with van der Waals surface area (Å²) in [4.78, 5) is 14.7. The van der Waals surface area contributed by atoms with Crippen LogP contribution in [0.1, 0.15) is 57.3 Å². The molecule has 1 N–H and O–H groups in total. The summed E-state index contributed by atoms with van der Waals surface area (Å²) < 4.78 is 26.7. The molecule has 1 aliphatic rings. The number of likely N-dealkylation sites (tertiary alicyclic amines) is 1. The van der Waals surface area contributed by atoms with E-state index in [-0.39, 0.29) is 23.7 Å². The number of halogens is 2. The fourth-order valence-corrected chi connectivity index (χ4v) is 3.25. The van der Waals surface area contributed by atoms with E-state index in [0.29, 0.717) is 5.69 Å². The molecule has 7 heteroatoms. The number of nitrogens with zero attached hydrogens (tertiary/aromatic N) is 3. The predicted molar refractivity (Wildman–Crippen MR) is 89.1 cm³/mol. The number of carbonyl (C=O) groups is 1. The summed E-state index contributed by atoms with van der Waals surface area (Å²) >= 11 is 0. The van der Waals surface area contributed by atoms with Crippen molar-refractivity contribution in [1.82, 2.24) is 20.0 Å². The molecule has 2 heterocycles. The summed E-state index contributed by atoms with van der Waals surface area (Å²) in [7, 11) is 0. The van der Waals surface area contributed by atoms with Gasteiger partial charge in [-0.3, -0.25) is 9.48 Å². The van der Waals surface area contributed by atoms with Gasteiger partial charge in [0.1, 0.15) is 12.2 Å². The minimum absolute atomic E-state index is 0.0397. The quantitative estimate of drug-likeness (QED) is 0.865. The number of alkyl halides is 2. The molecule has 0 atom stereocenters. The van der Waals surface area contributed by atoms with Crippen LogP contribution in [0.25, 0.3) is 0 Å². The van der Waals surface area contributed by atoms with Gasteiger partial charge in [-0.1, -0.05) is 12.8 Å². The maximum absolute atomic E-state index is 12.7. The zero-order valence-electron chi connectivity index (χ0n) is 14.8. The highest BCUT2D eigenvalue weighted by molar-refractivity contribution is 5.76. The number of aromatic nitrogens is 2. The van der Waals surface area contributed by atoms with Crippen LogP contribution >= 0.6 is 0 Å². The van der Waals surface area contributed by atoms with Gasteiger partial charge < -0.3 is 10.2 Å². The average molecular weight is 342 g/mol. The smallest absolute Gasteiger partial charge is 0.282 e. The maximum Gasteiger partial charge on any atom is 0.282 e. The molecule has 0 aromatic carbocycles. The van der Waals surface area contributed by atoms with Crippen molar-refractivity contribution in [3.05, 3.63) is 17.5 Å². The second-order valence-corrected chi connectivity index (χ2v) is 7.29. The van der Waals surface area contributed by atoms with Crippen molar-refractivity contribution in [1.29, 1.82) is 0 Å². The average Bonchev–Trinajstić information content (AvgIpc) is 2.68. The van der Waals surface area contributed by atoms with Gasteiger partial charge in [-0.2, -0.15) is 5.10 Å². The van der Waals surface area contributed by atoms with Crippen molar-refractivity contribution in [2.24, 2.45) is 0 Å². The van der Waals surface area contributed by atoms with E-state index in [1.807, 2.05) is 13.8 Å². The highest BCUT2D eigenvalue weighted by Crippen LogP contribution is 2.18. The van der Waals surface area contributed by atoms with Crippen LogP contribution < -0.4 is 5.32 Å². The molecule has 0 aliphatic carbocycles. The molecule has 24 heavy (non-hydrogen) atoms. The summed E-state index contributed by atoms with van der Waals surface area (Å²) in [5.74, 6) is -0.207. The monoisotopic (exact) mass is 342 g/mol. The molecule has 0 unspecified atom stereocenters. The Kier molecular flexibility index (Phi) is 6.32. The van der Waals surface area contributed by atoms with E-state index in [1.54, 1.807) is 6.92 Å². The van der Waals surface area contributed by atoms with Crippen LogP contribution in [-0.4, -0.2) is 45.8 Å². The van der Waals surface area contributed by atoms with Crippen LogP contribution in [0, 0.1) is 6.92 Å². The summed E-state index contributed by atoms with van der Waals surface area (Å²) in [6.07, 6.45) is 2.33. The van der Waals surface area contributed by atoms with E-state index >= 15 is 0 Å². The third-order valence-electron chi connectivity index (χ3n) is 4.31. The largest absolute Gasteiger partial charge is 0.348 e. The number of nitrogens with one attached hydrogen (secondary N) is 1. The number of hydrogen-bond donors (Lipinski definition) is 1. The molecule has 0 bridgehead atoms. The normalized spacial score (nSPS) is 17.1. The van der Waals surface area contributed by atoms with Gasteiger partial charge in [0.15, 0.2) is 0 Å². The number of rotatable bonds is 6. The maximum atomic E-state index is 12.7. The lowest BCUT2D eigenvalue weighted by Crippen LogP contribution is -2.52. The van der Waals surface area contributed by atoms with Crippen LogP contribution in [-0.2, 0) is 11.3 Å². The third-order valence-corrected chi connectivity index (χ3v) is 4.31. The van der Waals surface area contributed by atoms with E-state index in [2.05, 4.69) is 15.3 Å². The Morgan fingerprint density at radius 3 is 2.46 bits per heavy atom. The van der Waals surface area contributed by atoms with Gasteiger partial charge in [0.2, 0.25) is 5.91 Å². The van der Waals surface area contributed by atoms with Crippen LogP contribution in [0.15, 0.2) is 6.07 Å². The van der Waals surface area contributed by atoms with E-state index in [0.717, 1.165) is 19.6 Å². The van der Waals surface area contributed by atoms with Gasteiger partial charge in [-0.25, -0.2) is 8.78 Å². The van der Waals surface area contributed by atoms with Gasteiger partial charge in [0.05, 0.1) is 0 Å². The van der Waals surface area contributed by atoms with Crippen LogP contribution in [0.4, 0.5) is 8.78 Å². The van der Waals surface area contributed by atoms with Gasteiger partial charge in [-0.05, 0) is 52.8 Å². The summed E-state index contributed by atoms with van der Waals surface area (Å²) in [6.45, 7) is 8.55. The number of aryl methyl sites for hydroxylation is 1. The zero-order valence-corrected chi connectivity index (χ0v) is 14.8. The fourth-order valence-electron chi connectivity index (χ4n) is 3.25. The highest BCUT2D eigenvalue weighted by atomic mass is 19.3. The van der Waals surface area contributed by atoms with Crippen molar-refractivity contribution < 1.29 is 13.6 Å². The van der Waals surface area contributed by atoms with Crippen molar-refractivity contribution in [3.63, 3.8) is 0 Å². The minimum Gasteiger partial charge on any atom is -0.348 e. The van der Waals surface area contributed by atoms with Crippen molar-refractivity contribution in [2.45, 2.75) is 65.0 Å². The number of amides is 1. The van der Waals surface area contributed by atoms with Crippen molar-refractivity contribution in [3.8, 4) is 0 Å². The fraction of sp³-hybridized carbons (Fsp3) is 0.765. The lowest BCUT2D eigenvalue weighted by atomic mass is 10.0. The first-order valence-corrected chi connectivity index (χ1v) is 8.63. The molecular weight excluding hydrogens is 314 g/mol. The molecule has 136 valence electrons. The van der Waals surface area contributed by atoms with E-state index in [1.165, 1.54) is 36.4 Å². The highest BCUT2D eigenvalue weighted by Gasteiger charge is 2.25. The van der Waals surface area contributed by atoms with Crippen LogP contribution in [0.5, 0.6) is 0 Å². The Hall–Kier alpha value is -1.50. The summed E-state index contributed by atoms with van der Waals surface area (Å²) in [6, 6.07) is 1.32. The topological polar surface area (TPSA) is 50.2 Å². The molecule has 0 spiro atoms. The standard InChI is InChI=1S/C17H28F2N4O/c1-13-10-14(16(18)19)21-23(13)11-15(24)20-17(2,3)12-22-8-6-4-5-7-9-22/h10,16H,4-9,11-12H2,1-3H3,(H,20,24). The lowest BCUT2D eigenvalue weighted by Gasteiger charge is -2.33. The first kappa shape index (κ1) is 18.8. The summed E-state index contributed by atoms with van der Waals surface area (Å²) in [5, 5.41) is 6.81. The van der Waals surface area contributed by atoms with Crippen molar-refractivity contribution >= 4 is 5.91 Å². The van der Waals surface area contributed by atoms with Gasteiger partial charge in [0, 0.05) is 17.8 Å². The molecule has 0 radical (unpaired) electrons. The zero-order chi connectivity index (χ0) is 17.7. The lowest BCUT2D eigenvalue weighted by molar-refractivity contribution is -0.123. The molecule has 1 saturated heterocycles. The Labute approximate surface area is 142 Å². The molecule has 1 aromatic rings. The van der Waals surface area contributed by atoms with E-state index in [9.17, 15) is 13.6 Å². The second-order valence-electron chi connectivity index (χ2n) is 7.29. The predicted octanol–water partition coefficient (Wildman–Crippen LogP) is 2.90. The summed E-state index contributed by atoms with van der Waals surface area (Å²) in [5.41, 5.74) is -0.0940. The molecule has 0 saturated carbocycles. The second kappa shape index (κ2) is 8.05. The van der Waals surface area contributed by atoms with Gasteiger partial charge in [-0.15, -0.1) is 0 Å². The first-order valence-electron chi connectivity index (χ1n) is 8.63. The van der Waals surface area contributed by atoms with Crippen molar-refractivity contribution in [2.75, 3.05) is 19.6 Å². The number of hydrogen-bond acceptors (Lipinski definition) is 3. The Morgan fingerprint density at radius 2 is 1.92 bits per heavy atom.